The fraction of sp³-hybridized carbons (Fsp3) is 0.348. The van der Waals surface area contributed by atoms with E-state index in [0.717, 1.165) is 55.3 Å². The number of fused-ring (bicyclic) bond motifs is 1. The Hall–Kier alpha value is -5.97. The van der Waals surface area contributed by atoms with E-state index in [0.29, 0.717) is 28.7 Å². The number of alkyl halides is 3. The number of aryl methyl sites for hydroxylation is 2. The molecular formula is C46H48F5N3O8. The van der Waals surface area contributed by atoms with Crippen LogP contribution in [0.4, 0.5) is 22.0 Å². The Balaban J connectivity index is 0.000000646. The maximum absolute atomic E-state index is 14.6. The largest absolute Gasteiger partial charge is 0.479 e. The highest BCUT2D eigenvalue weighted by molar-refractivity contribution is 5.84. The Bertz CT molecular complexity index is 2410. The Labute approximate surface area is 354 Å². The van der Waals surface area contributed by atoms with Crippen LogP contribution in [0.25, 0.3) is 22.0 Å². The van der Waals surface area contributed by atoms with E-state index < -0.39 is 47.5 Å². The number of halogens is 5. The van der Waals surface area contributed by atoms with E-state index in [4.69, 9.17) is 20.4 Å². The quantitative estimate of drug-likeness (QED) is 0.0977. The van der Waals surface area contributed by atoms with Crippen LogP contribution >= 0.6 is 0 Å². The summed E-state index contributed by atoms with van der Waals surface area (Å²) in [5.74, 6) is -5.55. The summed E-state index contributed by atoms with van der Waals surface area (Å²) in [5.41, 5.74) is 2.65. The van der Waals surface area contributed by atoms with Gasteiger partial charge in [0.2, 0.25) is 5.91 Å². The van der Waals surface area contributed by atoms with Gasteiger partial charge >= 0.3 is 18.1 Å². The molecule has 0 unspecified atom stereocenters. The van der Waals surface area contributed by atoms with Crippen molar-refractivity contribution >= 4 is 28.7 Å². The predicted octanol–water partition coefficient (Wildman–Crippen LogP) is 6.92. The number of benzene rings is 4. The molecule has 1 aliphatic rings. The van der Waals surface area contributed by atoms with E-state index in [1.54, 1.807) is 24.3 Å². The van der Waals surface area contributed by atoms with Crippen molar-refractivity contribution < 1.29 is 56.8 Å². The van der Waals surface area contributed by atoms with Crippen LogP contribution in [0.5, 0.6) is 0 Å². The maximum atomic E-state index is 14.6. The third-order valence-electron chi connectivity index (χ3n) is 10.9. The molecule has 0 radical (unpaired) electrons. The highest BCUT2D eigenvalue weighted by atomic mass is 19.4. The van der Waals surface area contributed by atoms with Crippen LogP contribution in [0.2, 0.25) is 0 Å². The molecule has 16 heteroatoms. The average molecular weight is 866 g/mol. The second-order valence-electron chi connectivity index (χ2n) is 16.1. The molecule has 2 heterocycles. The van der Waals surface area contributed by atoms with E-state index in [2.05, 4.69) is 25.7 Å². The number of aromatic nitrogens is 1. The van der Waals surface area contributed by atoms with Gasteiger partial charge in [-0.05, 0) is 99.0 Å². The smallest absolute Gasteiger partial charge is 0.416 e. The third kappa shape index (κ3) is 11.7. The number of hydrogen-bond acceptors (Lipinski definition) is 7. The number of aliphatic hydroxyl groups is 2. The Morgan fingerprint density at radius 3 is 1.89 bits per heavy atom. The van der Waals surface area contributed by atoms with Crippen molar-refractivity contribution in [2.75, 3.05) is 13.1 Å². The van der Waals surface area contributed by atoms with Crippen molar-refractivity contribution in [2.24, 2.45) is 0 Å². The summed E-state index contributed by atoms with van der Waals surface area (Å²) in [6.45, 7) is 8.40. The van der Waals surface area contributed by atoms with Gasteiger partial charge in [-0.15, -0.1) is 0 Å². The van der Waals surface area contributed by atoms with Crippen LogP contribution in [0, 0.1) is 11.6 Å². The summed E-state index contributed by atoms with van der Waals surface area (Å²) in [4.78, 5) is 51.6. The SMILES string of the molecule is CC(C)(C)N1CCC(N(Cc2ccc(-c3ccc(C(F)(F)F)cc3)cc2)C(=O)Cn2c(CCc3cccc(F)c3F)cc(=O)c3ccccc32)CC1.O=C(O)[C@H](O)[C@@H](O)C(=O)O. The van der Waals surface area contributed by atoms with Crippen LogP contribution in [0.15, 0.2) is 102 Å². The number of carbonyl (C=O) groups is 3. The zero-order valence-electron chi connectivity index (χ0n) is 34.3. The molecule has 1 fully saturated rings. The second-order valence-corrected chi connectivity index (χ2v) is 16.1. The topological polar surface area (TPSA) is 161 Å². The number of amides is 1. The molecule has 1 aliphatic heterocycles. The first-order valence-electron chi connectivity index (χ1n) is 19.8. The maximum Gasteiger partial charge on any atom is 0.416 e. The molecular weight excluding hydrogens is 818 g/mol. The Morgan fingerprint density at radius 2 is 1.34 bits per heavy atom. The van der Waals surface area contributed by atoms with E-state index >= 15 is 0 Å². The molecule has 0 aliphatic carbocycles. The first-order chi connectivity index (χ1) is 29.1. The number of aliphatic hydroxyl groups excluding tert-OH is 2. The van der Waals surface area contributed by atoms with Gasteiger partial charge in [0.05, 0.1) is 11.1 Å². The first kappa shape index (κ1) is 47.1. The number of rotatable bonds is 12. The highest BCUT2D eigenvalue weighted by Crippen LogP contribution is 2.32. The van der Waals surface area contributed by atoms with Crippen molar-refractivity contribution in [1.82, 2.24) is 14.4 Å². The van der Waals surface area contributed by atoms with E-state index in [1.165, 1.54) is 30.3 Å². The molecule has 2 atom stereocenters. The molecule has 0 spiro atoms. The van der Waals surface area contributed by atoms with Crippen molar-refractivity contribution in [3.63, 3.8) is 0 Å². The number of carboxylic acids is 2. The van der Waals surface area contributed by atoms with E-state index in [9.17, 15) is 41.1 Å². The van der Waals surface area contributed by atoms with Gasteiger partial charge in [-0.2, -0.15) is 13.2 Å². The number of nitrogens with zero attached hydrogens (tertiary/aromatic N) is 3. The van der Waals surface area contributed by atoms with Gasteiger partial charge in [0, 0.05) is 48.4 Å². The van der Waals surface area contributed by atoms with Gasteiger partial charge in [0.1, 0.15) is 6.54 Å². The summed E-state index contributed by atoms with van der Waals surface area (Å²) < 4.78 is 69.8. The van der Waals surface area contributed by atoms with E-state index in [-0.39, 0.29) is 47.9 Å². The normalized spacial score (nSPS) is 14.7. The first-order valence-corrected chi connectivity index (χ1v) is 19.8. The van der Waals surface area contributed by atoms with Gasteiger partial charge in [0.15, 0.2) is 29.3 Å². The number of likely N-dealkylation sites (tertiary alicyclic amines) is 1. The number of carbonyl (C=O) groups excluding carboxylic acids is 1. The Kier molecular flexibility index (Phi) is 15.1. The molecule has 0 bridgehead atoms. The fourth-order valence-electron chi connectivity index (χ4n) is 7.39. The standard InChI is InChI=1S/C42H42F5N3O2.C4H6O6/c1-41(2,3)48-23-21-33(22-24-48)50(26-28-11-13-29(14-12-28)30-15-18-32(19-16-30)42(45,46)47)39(52)27-49-34(20-17-31-7-6-9-36(43)40(31)44)25-38(51)35-8-4-5-10-37(35)49;5-1(3(7)8)2(6)4(9)10/h4-16,18-19,25,33H,17,20-24,26-27H2,1-3H3;1-2,5-6H,(H,7,8)(H,9,10)/t;1-,2-/m.1/s1. The molecule has 62 heavy (non-hydrogen) atoms. The van der Waals surface area contributed by atoms with Gasteiger partial charge in [-0.25, -0.2) is 18.4 Å². The van der Waals surface area contributed by atoms with Crippen molar-refractivity contribution in [3.8, 4) is 11.1 Å². The lowest BCUT2D eigenvalue weighted by molar-refractivity contribution is -0.165. The number of para-hydroxylation sites is 1. The number of carboxylic acid groups (broad SMARTS) is 2. The minimum absolute atomic E-state index is 0.0151. The van der Waals surface area contributed by atoms with Crippen molar-refractivity contribution in [1.29, 1.82) is 0 Å². The monoisotopic (exact) mass is 865 g/mol. The molecule has 1 amide bonds. The van der Waals surface area contributed by atoms with Crippen molar-refractivity contribution in [2.45, 2.75) is 89.5 Å². The Morgan fingerprint density at radius 1 is 0.774 bits per heavy atom. The summed E-state index contributed by atoms with van der Waals surface area (Å²) >= 11 is 0. The molecule has 1 aromatic heterocycles. The lowest BCUT2D eigenvalue weighted by Crippen LogP contribution is -2.52. The summed E-state index contributed by atoms with van der Waals surface area (Å²) in [5, 5.41) is 33.0. The lowest BCUT2D eigenvalue weighted by atomic mass is 9.96. The third-order valence-corrected chi connectivity index (χ3v) is 10.9. The number of pyridine rings is 1. The van der Waals surface area contributed by atoms with E-state index in [1.807, 2.05) is 33.7 Å². The summed E-state index contributed by atoms with van der Waals surface area (Å²) in [6.07, 6.45) is -7.07. The average Bonchev–Trinajstić information content (AvgIpc) is 3.23. The minimum atomic E-state index is -4.41. The molecule has 11 nitrogen and oxygen atoms in total. The number of aliphatic carboxylic acids is 2. The molecule has 6 rings (SSSR count). The molecule has 0 saturated carbocycles. The zero-order chi connectivity index (χ0) is 45.5. The highest BCUT2D eigenvalue weighted by Gasteiger charge is 2.33. The second kappa shape index (κ2) is 19.8. The molecule has 330 valence electrons. The van der Waals surface area contributed by atoms with Crippen LogP contribution < -0.4 is 5.43 Å². The van der Waals surface area contributed by atoms with Gasteiger partial charge in [-0.3, -0.25) is 14.5 Å². The van der Waals surface area contributed by atoms with Crippen LogP contribution in [0.3, 0.4) is 0 Å². The minimum Gasteiger partial charge on any atom is -0.479 e. The van der Waals surface area contributed by atoms with Gasteiger partial charge in [-0.1, -0.05) is 60.7 Å². The summed E-state index contributed by atoms with van der Waals surface area (Å²) in [6, 6.07) is 25.0. The van der Waals surface area contributed by atoms with Crippen LogP contribution in [0.1, 0.15) is 56.0 Å². The molecule has 4 aromatic carbocycles. The molecule has 5 aromatic rings. The molecule has 4 N–H and O–H groups in total. The van der Waals surface area contributed by atoms with Crippen LogP contribution in [-0.2, 0) is 46.5 Å². The lowest BCUT2D eigenvalue weighted by Gasteiger charge is -2.44. The van der Waals surface area contributed by atoms with Gasteiger partial charge < -0.3 is 29.9 Å². The fourth-order valence-corrected chi connectivity index (χ4v) is 7.39. The molecule has 1 saturated heterocycles. The predicted molar refractivity (Wildman–Crippen MR) is 221 cm³/mol. The number of hydrogen-bond donors (Lipinski definition) is 4. The van der Waals surface area contributed by atoms with Crippen molar-refractivity contribution in [3.05, 3.63) is 141 Å². The van der Waals surface area contributed by atoms with Crippen LogP contribution in [-0.4, -0.2) is 89.5 Å². The van der Waals surface area contributed by atoms with Gasteiger partial charge in [0.25, 0.3) is 0 Å². The summed E-state index contributed by atoms with van der Waals surface area (Å²) in [7, 11) is 0. The zero-order valence-corrected chi connectivity index (χ0v) is 34.3. The number of piperidine rings is 1.